The van der Waals surface area contributed by atoms with Crippen LogP contribution in [0.3, 0.4) is 0 Å². The first-order valence-corrected chi connectivity index (χ1v) is 6.03. The summed E-state index contributed by atoms with van der Waals surface area (Å²) in [6.07, 6.45) is 0. The summed E-state index contributed by atoms with van der Waals surface area (Å²) in [4.78, 5) is 0. The molecule has 2 aromatic rings. The van der Waals surface area contributed by atoms with Gasteiger partial charge in [-0.1, -0.05) is 40.9 Å². The predicted octanol–water partition coefficient (Wildman–Crippen LogP) is 5.76. The van der Waals surface area contributed by atoms with Crippen LogP contribution >= 0.6 is 34.8 Å². The molecule has 0 N–H and O–H groups in total. The van der Waals surface area contributed by atoms with Crippen LogP contribution in [0.2, 0.25) is 15.1 Å². The standard InChI is InChI=1S/C13H8Cl3F/c1-7-2-3-9(17)6-10(7)8-4-11(14)13(16)12(15)5-8/h2-6H,1H3. The van der Waals surface area contributed by atoms with Crippen molar-refractivity contribution in [2.24, 2.45) is 0 Å². The van der Waals surface area contributed by atoms with Crippen molar-refractivity contribution in [1.82, 2.24) is 0 Å². The molecule has 0 bridgehead atoms. The lowest BCUT2D eigenvalue weighted by Crippen LogP contribution is -1.86. The SMILES string of the molecule is Cc1ccc(F)cc1-c1cc(Cl)c(Cl)c(Cl)c1. The van der Waals surface area contributed by atoms with Gasteiger partial charge in [-0.3, -0.25) is 0 Å². The molecule has 0 nitrogen and oxygen atoms in total. The Morgan fingerprint density at radius 3 is 2.12 bits per heavy atom. The Kier molecular flexibility index (Phi) is 3.62. The molecule has 0 aromatic heterocycles. The van der Waals surface area contributed by atoms with Gasteiger partial charge in [0.25, 0.3) is 0 Å². The highest BCUT2D eigenvalue weighted by atomic mass is 35.5. The molecule has 0 amide bonds. The molecule has 2 rings (SSSR count). The molecular formula is C13H8Cl3F. The fraction of sp³-hybridized carbons (Fsp3) is 0.0769. The molecule has 0 heterocycles. The molecule has 0 aliphatic heterocycles. The van der Waals surface area contributed by atoms with E-state index in [4.69, 9.17) is 34.8 Å². The number of hydrogen-bond donors (Lipinski definition) is 0. The van der Waals surface area contributed by atoms with Gasteiger partial charge in [0.15, 0.2) is 0 Å². The maximum absolute atomic E-state index is 13.2. The summed E-state index contributed by atoms with van der Waals surface area (Å²) < 4.78 is 13.2. The topological polar surface area (TPSA) is 0 Å². The predicted molar refractivity (Wildman–Crippen MR) is 71.6 cm³/mol. The van der Waals surface area contributed by atoms with Crippen LogP contribution in [-0.4, -0.2) is 0 Å². The number of rotatable bonds is 1. The first kappa shape index (κ1) is 12.7. The minimum atomic E-state index is -0.298. The third kappa shape index (κ3) is 2.57. The van der Waals surface area contributed by atoms with Crippen molar-refractivity contribution in [2.45, 2.75) is 6.92 Å². The van der Waals surface area contributed by atoms with E-state index in [1.165, 1.54) is 12.1 Å². The number of benzene rings is 2. The molecule has 0 saturated carbocycles. The van der Waals surface area contributed by atoms with Gasteiger partial charge in [-0.2, -0.15) is 0 Å². The zero-order valence-electron chi connectivity index (χ0n) is 8.90. The van der Waals surface area contributed by atoms with Gasteiger partial charge in [-0.15, -0.1) is 0 Å². The van der Waals surface area contributed by atoms with Gasteiger partial charge >= 0.3 is 0 Å². The van der Waals surface area contributed by atoms with E-state index >= 15 is 0 Å². The van der Waals surface area contributed by atoms with Crippen LogP contribution in [0.5, 0.6) is 0 Å². The molecule has 88 valence electrons. The second-order valence-electron chi connectivity index (χ2n) is 3.71. The van der Waals surface area contributed by atoms with E-state index in [1.54, 1.807) is 18.2 Å². The normalized spacial score (nSPS) is 10.6. The molecule has 0 spiro atoms. The molecule has 4 heteroatoms. The number of aryl methyl sites for hydroxylation is 1. The van der Waals surface area contributed by atoms with Crippen LogP contribution in [0, 0.1) is 12.7 Å². The first-order valence-electron chi connectivity index (χ1n) is 4.90. The van der Waals surface area contributed by atoms with E-state index < -0.39 is 0 Å². The largest absolute Gasteiger partial charge is 0.207 e. The van der Waals surface area contributed by atoms with Gasteiger partial charge in [-0.25, -0.2) is 4.39 Å². The smallest absolute Gasteiger partial charge is 0.123 e. The Morgan fingerprint density at radius 1 is 0.941 bits per heavy atom. The lowest BCUT2D eigenvalue weighted by molar-refractivity contribution is 0.628. The Balaban J connectivity index is 2.64. The van der Waals surface area contributed by atoms with Crippen molar-refractivity contribution in [1.29, 1.82) is 0 Å². The second-order valence-corrected chi connectivity index (χ2v) is 4.91. The van der Waals surface area contributed by atoms with Crippen LogP contribution in [-0.2, 0) is 0 Å². The molecule has 0 radical (unpaired) electrons. The van der Waals surface area contributed by atoms with Crippen LogP contribution in [0.4, 0.5) is 4.39 Å². The van der Waals surface area contributed by atoms with E-state index in [-0.39, 0.29) is 5.82 Å². The third-order valence-corrected chi connectivity index (χ3v) is 3.69. The molecule has 0 atom stereocenters. The van der Waals surface area contributed by atoms with E-state index in [0.29, 0.717) is 15.1 Å². The summed E-state index contributed by atoms with van der Waals surface area (Å²) in [5.41, 5.74) is 2.45. The van der Waals surface area contributed by atoms with E-state index in [0.717, 1.165) is 16.7 Å². The van der Waals surface area contributed by atoms with Crippen LogP contribution in [0.1, 0.15) is 5.56 Å². The highest BCUT2D eigenvalue weighted by Crippen LogP contribution is 2.36. The highest BCUT2D eigenvalue weighted by Gasteiger charge is 2.09. The van der Waals surface area contributed by atoms with Gasteiger partial charge in [0.2, 0.25) is 0 Å². The molecule has 0 saturated heterocycles. The molecule has 0 fully saturated rings. The Bertz CT molecular complexity index is 556. The summed E-state index contributed by atoms with van der Waals surface area (Å²) in [7, 11) is 0. The molecule has 17 heavy (non-hydrogen) atoms. The maximum atomic E-state index is 13.2. The van der Waals surface area contributed by atoms with Crippen molar-refractivity contribution >= 4 is 34.8 Å². The van der Waals surface area contributed by atoms with Crippen molar-refractivity contribution in [3.8, 4) is 11.1 Å². The average molecular weight is 290 g/mol. The molecule has 2 aromatic carbocycles. The van der Waals surface area contributed by atoms with Crippen molar-refractivity contribution in [3.05, 3.63) is 56.8 Å². The lowest BCUT2D eigenvalue weighted by atomic mass is 10.0. The minimum absolute atomic E-state index is 0.298. The van der Waals surface area contributed by atoms with Crippen molar-refractivity contribution in [2.75, 3.05) is 0 Å². The van der Waals surface area contributed by atoms with Crippen LogP contribution in [0.25, 0.3) is 11.1 Å². The monoisotopic (exact) mass is 288 g/mol. The summed E-state index contributed by atoms with van der Waals surface area (Å²) >= 11 is 17.8. The van der Waals surface area contributed by atoms with Crippen LogP contribution < -0.4 is 0 Å². The number of hydrogen-bond acceptors (Lipinski definition) is 0. The zero-order chi connectivity index (χ0) is 12.6. The Hall–Kier alpha value is -0.760. The number of halogens is 4. The Morgan fingerprint density at radius 2 is 1.53 bits per heavy atom. The van der Waals surface area contributed by atoms with Crippen molar-refractivity contribution < 1.29 is 4.39 Å². The summed E-state index contributed by atoms with van der Waals surface area (Å²) in [6.45, 7) is 1.89. The van der Waals surface area contributed by atoms with Gasteiger partial charge in [0, 0.05) is 0 Å². The van der Waals surface area contributed by atoms with Crippen LogP contribution in [0.15, 0.2) is 30.3 Å². The Labute approximate surface area is 114 Å². The van der Waals surface area contributed by atoms with Gasteiger partial charge in [0.05, 0.1) is 15.1 Å². The fourth-order valence-corrected chi connectivity index (χ4v) is 2.21. The minimum Gasteiger partial charge on any atom is -0.207 e. The summed E-state index contributed by atoms with van der Waals surface area (Å²) in [6, 6.07) is 7.93. The van der Waals surface area contributed by atoms with Crippen molar-refractivity contribution in [3.63, 3.8) is 0 Å². The lowest BCUT2D eigenvalue weighted by Gasteiger charge is -2.08. The van der Waals surface area contributed by atoms with Gasteiger partial charge in [-0.05, 0) is 47.9 Å². The molecule has 0 unspecified atom stereocenters. The average Bonchev–Trinajstić information content (AvgIpc) is 2.28. The van der Waals surface area contributed by atoms with E-state index in [2.05, 4.69) is 0 Å². The summed E-state index contributed by atoms with van der Waals surface area (Å²) in [5.74, 6) is -0.298. The third-order valence-electron chi connectivity index (χ3n) is 2.49. The first-order chi connectivity index (χ1) is 7.99. The second kappa shape index (κ2) is 4.85. The van der Waals surface area contributed by atoms with Gasteiger partial charge in [0.1, 0.15) is 5.82 Å². The molecular weight excluding hydrogens is 282 g/mol. The molecule has 0 aliphatic rings. The quantitative estimate of drug-likeness (QED) is 0.585. The maximum Gasteiger partial charge on any atom is 0.123 e. The molecule has 0 aliphatic carbocycles. The summed E-state index contributed by atoms with van der Waals surface area (Å²) in [5, 5.41) is 1.03. The van der Waals surface area contributed by atoms with E-state index in [1.807, 2.05) is 6.92 Å². The zero-order valence-corrected chi connectivity index (χ0v) is 11.2. The fourth-order valence-electron chi connectivity index (χ4n) is 1.62. The van der Waals surface area contributed by atoms with Gasteiger partial charge < -0.3 is 0 Å². The van der Waals surface area contributed by atoms with E-state index in [9.17, 15) is 4.39 Å². The highest BCUT2D eigenvalue weighted by molar-refractivity contribution is 6.48.